The van der Waals surface area contributed by atoms with Crippen molar-refractivity contribution >= 4 is 45.1 Å². The SMILES string of the molecule is CN=C(SC(C)NC(=O)Cc1ccccc1OC)C1CC[C@H](c2nnc(NC(=O)Cc3ccccc3OC)s2)C1. The van der Waals surface area contributed by atoms with Crippen LogP contribution < -0.4 is 20.1 Å². The molecule has 0 aliphatic heterocycles. The lowest BCUT2D eigenvalue weighted by atomic mass is 10.1. The number of rotatable bonds is 11. The molecule has 1 fully saturated rings. The van der Waals surface area contributed by atoms with Gasteiger partial charge in [-0.25, -0.2) is 0 Å². The van der Waals surface area contributed by atoms with Crippen LogP contribution in [0.5, 0.6) is 11.5 Å². The van der Waals surface area contributed by atoms with Crippen molar-refractivity contribution in [3.63, 3.8) is 0 Å². The van der Waals surface area contributed by atoms with Crippen molar-refractivity contribution in [1.82, 2.24) is 15.5 Å². The van der Waals surface area contributed by atoms with Gasteiger partial charge in [-0.05, 0) is 38.3 Å². The van der Waals surface area contributed by atoms with Crippen molar-refractivity contribution in [2.45, 2.75) is 50.3 Å². The number of anilines is 1. The number of hydrogen-bond acceptors (Lipinski definition) is 9. The zero-order valence-corrected chi connectivity index (χ0v) is 24.8. The Hall–Kier alpha value is -3.44. The fraction of sp³-hybridized carbons (Fsp3) is 0.414. The van der Waals surface area contributed by atoms with Crippen molar-refractivity contribution in [1.29, 1.82) is 0 Å². The highest BCUT2D eigenvalue weighted by molar-refractivity contribution is 8.14. The van der Waals surface area contributed by atoms with Gasteiger partial charge in [0.05, 0.1) is 37.5 Å². The van der Waals surface area contributed by atoms with Crippen molar-refractivity contribution in [2.24, 2.45) is 10.9 Å². The first-order chi connectivity index (χ1) is 19.4. The van der Waals surface area contributed by atoms with Crippen LogP contribution in [0.3, 0.4) is 0 Å². The molecule has 40 heavy (non-hydrogen) atoms. The van der Waals surface area contributed by atoms with Gasteiger partial charge in [0.1, 0.15) is 16.5 Å². The van der Waals surface area contributed by atoms with E-state index in [2.05, 4.69) is 25.8 Å². The van der Waals surface area contributed by atoms with Gasteiger partial charge in [-0.1, -0.05) is 59.5 Å². The second-order valence-electron chi connectivity index (χ2n) is 9.57. The summed E-state index contributed by atoms with van der Waals surface area (Å²) in [5.74, 6) is 1.73. The molecule has 4 rings (SSSR count). The Kier molecular flexibility index (Phi) is 10.5. The lowest BCUT2D eigenvalue weighted by Gasteiger charge is -2.19. The van der Waals surface area contributed by atoms with Crippen molar-refractivity contribution in [2.75, 3.05) is 26.6 Å². The number of nitrogens with zero attached hydrogens (tertiary/aromatic N) is 3. The zero-order valence-electron chi connectivity index (χ0n) is 23.2. The largest absolute Gasteiger partial charge is 0.496 e. The molecule has 2 N–H and O–H groups in total. The summed E-state index contributed by atoms with van der Waals surface area (Å²) in [6.07, 6.45) is 3.33. The number of methoxy groups -OCH3 is 2. The number of carbonyl (C=O) groups excluding carboxylic acids is 2. The number of thioether (sulfide) groups is 1. The second kappa shape index (κ2) is 14.3. The molecule has 1 aliphatic carbocycles. The molecule has 9 nitrogen and oxygen atoms in total. The minimum atomic E-state index is -0.157. The Morgan fingerprint density at radius 3 is 2.25 bits per heavy atom. The molecule has 2 unspecified atom stereocenters. The van der Waals surface area contributed by atoms with Crippen LogP contribution in [-0.2, 0) is 22.4 Å². The third kappa shape index (κ3) is 7.82. The maximum atomic E-state index is 12.7. The Labute approximate surface area is 243 Å². The molecular formula is C29H35N5O4S2. The summed E-state index contributed by atoms with van der Waals surface area (Å²) in [7, 11) is 5.01. The normalized spacial score (nSPS) is 17.8. The van der Waals surface area contributed by atoms with Crippen LogP contribution >= 0.6 is 23.1 Å². The number of aliphatic imine (C=N–C) groups is 1. The zero-order chi connectivity index (χ0) is 28.5. The molecule has 11 heteroatoms. The summed E-state index contributed by atoms with van der Waals surface area (Å²) in [4.78, 5) is 29.8. The summed E-state index contributed by atoms with van der Waals surface area (Å²) in [5.41, 5.74) is 1.68. The fourth-order valence-electron chi connectivity index (χ4n) is 4.91. The lowest BCUT2D eigenvalue weighted by molar-refractivity contribution is -0.120. The number of nitrogens with one attached hydrogen (secondary N) is 2. The van der Waals surface area contributed by atoms with E-state index in [0.29, 0.717) is 22.5 Å². The number of benzene rings is 2. The van der Waals surface area contributed by atoms with Gasteiger partial charge in [0.2, 0.25) is 16.9 Å². The predicted molar refractivity (Wildman–Crippen MR) is 161 cm³/mol. The molecule has 0 radical (unpaired) electrons. The Balaban J connectivity index is 1.27. The van der Waals surface area contributed by atoms with Gasteiger partial charge >= 0.3 is 0 Å². The first kappa shape index (κ1) is 29.5. The molecule has 0 bridgehead atoms. The van der Waals surface area contributed by atoms with Gasteiger partial charge in [-0.2, -0.15) is 0 Å². The minimum Gasteiger partial charge on any atom is -0.496 e. The Bertz CT molecular complexity index is 1350. The third-order valence-electron chi connectivity index (χ3n) is 6.79. The first-order valence-electron chi connectivity index (χ1n) is 13.2. The van der Waals surface area contributed by atoms with E-state index in [1.54, 1.807) is 33.0 Å². The standard InChI is InChI=1S/C29H35N5O4S2/c1-18(31-25(35)16-19-9-5-7-11-23(19)37-3)39-27(30-2)21-13-14-22(15-21)28-33-34-29(40-28)32-26(36)17-20-10-6-8-12-24(20)38-4/h5-12,18,21-22H,13-17H2,1-4H3,(H,31,35)(H,32,34,36)/t18?,21?,22-/m0/s1. The van der Waals surface area contributed by atoms with Gasteiger partial charge in [0, 0.05) is 30.0 Å². The van der Waals surface area contributed by atoms with Crippen molar-refractivity contribution < 1.29 is 19.1 Å². The smallest absolute Gasteiger partial charge is 0.230 e. The van der Waals surface area contributed by atoms with E-state index in [-0.39, 0.29) is 35.9 Å². The van der Waals surface area contributed by atoms with Crippen LogP contribution in [0.15, 0.2) is 53.5 Å². The van der Waals surface area contributed by atoms with Crippen LogP contribution in [0.25, 0.3) is 0 Å². The monoisotopic (exact) mass is 581 g/mol. The molecule has 1 saturated carbocycles. The fourth-order valence-corrected chi connectivity index (χ4v) is 6.88. The van der Waals surface area contributed by atoms with E-state index in [0.717, 1.165) is 40.4 Å². The highest BCUT2D eigenvalue weighted by atomic mass is 32.2. The molecular weight excluding hydrogens is 546 g/mol. The predicted octanol–water partition coefficient (Wildman–Crippen LogP) is 5.09. The van der Waals surface area contributed by atoms with Crippen LogP contribution in [0, 0.1) is 5.92 Å². The summed E-state index contributed by atoms with van der Waals surface area (Å²) < 4.78 is 10.7. The van der Waals surface area contributed by atoms with E-state index in [1.807, 2.05) is 55.5 Å². The molecule has 2 aromatic carbocycles. The third-order valence-corrected chi connectivity index (χ3v) is 9.02. The van der Waals surface area contributed by atoms with E-state index >= 15 is 0 Å². The van der Waals surface area contributed by atoms with Gasteiger partial charge in [-0.3, -0.25) is 14.6 Å². The number of hydrogen-bond donors (Lipinski definition) is 2. The van der Waals surface area contributed by atoms with Gasteiger partial charge in [0.15, 0.2) is 0 Å². The Morgan fingerprint density at radius 1 is 1.00 bits per heavy atom. The van der Waals surface area contributed by atoms with Gasteiger partial charge < -0.3 is 20.1 Å². The minimum absolute atomic E-state index is 0.0570. The van der Waals surface area contributed by atoms with E-state index in [4.69, 9.17) is 9.47 Å². The highest BCUT2D eigenvalue weighted by Crippen LogP contribution is 2.42. The molecule has 3 atom stereocenters. The Morgan fingerprint density at radius 2 is 1.62 bits per heavy atom. The number of carbonyl (C=O) groups is 2. The summed E-state index contributed by atoms with van der Waals surface area (Å²) in [6, 6.07) is 15.0. The van der Waals surface area contributed by atoms with Crippen LogP contribution in [0.1, 0.15) is 48.2 Å². The quantitative estimate of drug-likeness (QED) is 0.184. The highest BCUT2D eigenvalue weighted by Gasteiger charge is 2.32. The summed E-state index contributed by atoms with van der Waals surface area (Å²) in [6.45, 7) is 1.98. The van der Waals surface area contributed by atoms with Crippen LogP contribution in [0.2, 0.25) is 0 Å². The molecule has 0 spiro atoms. The first-order valence-corrected chi connectivity index (χ1v) is 14.9. The number of amides is 2. The van der Waals surface area contributed by atoms with E-state index in [9.17, 15) is 9.59 Å². The molecule has 2 amide bonds. The number of aromatic nitrogens is 2. The van der Waals surface area contributed by atoms with Crippen LogP contribution in [0.4, 0.5) is 5.13 Å². The van der Waals surface area contributed by atoms with Crippen molar-refractivity contribution in [3.05, 3.63) is 64.7 Å². The molecule has 0 saturated heterocycles. The average molecular weight is 582 g/mol. The van der Waals surface area contributed by atoms with Gasteiger partial charge in [-0.15, -0.1) is 10.2 Å². The molecule has 1 aromatic heterocycles. The number of ether oxygens (including phenoxy) is 2. The summed E-state index contributed by atoms with van der Waals surface area (Å²) in [5, 5.41) is 16.9. The lowest BCUT2D eigenvalue weighted by Crippen LogP contribution is -2.33. The van der Waals surface area contributed by atoms with Gasteiger partial charge in [0.25, 0.3) is 0 Å². The van der Waals surface area contributed by atoms with E-state index < -0.39 is 0 Å². The van der Waals surface area contributed by atoms with Crippen LogP contribution in [-0.4, -0.2) is 53.7 Å². The molecule has 212 valence electrons. The molecule has 1 heterocycles. The average Bonchev–Trinajstić information content (AvgIpc) is 3.62. The van der Waals surface area contributed by atoms with Crippen molar-refractivity contribution in [3.8, 4) is 11.5 Å². The molecule has 1 aliphatic rings. The maximum absolute atomic E-state index is 12.7. The number of para-hydroxylation sites is 2. The maximum Gasteiger partial charge on any atom is 0.230 e. The molecule has 3 aromatic rings. The summed E-state index contributed by atoms with van der Waals surface area (Å²) >= 11 is 3.02. The van der Waals surface area contributed by atoms with E-state index in [1.165, 1.54) is 11.3 Å². The second-order valence-corrected chi connectivity index (χ2v) is 11.9. The topological polar surface area (TPSA) is 115 Å².